The molecule has 3 rings (SSSR count). The molecule has 0 saturated heterocycles. The predicted molar refractivity (Wildman–Crippen MR) is 102 cm³/mol. The predicted octanol–water partition coefficient (Wildman–Crippen LogP) is 1.86. The van der Waals surface area contributed by atoms with Gasteiger partial charge in [0, 0.05) is 36.1 Å². The van der Waals surface area contributed by atoms with Crippen LogP contribution in [0, 0.1) is 11.8 Å². The first-order valence-corrected chi connectivity index (χ1v) is 9.00. The zero-order chi connectivity index (χ0) is 18.8. The minimum atomic E-state index is -0.478. The lowest BCUT2D eigenvalue weighted by molar-refractivity contribution is -0.124. The van der Waals surface area contributed by atoms with Crippen LogP contribution >= 0.6 is 0 Å². The molecule has 0 saturated carbocycles. The molecule has 2 atom stereocenters. The molecule has 138 valence electrons. The molecule has 0 aromatic heterocycles. The van der Waals surface area contributed by atoms with Crippen molar-refractivity contribution in [3.05, 3.63) is 29.8 Å². The molecule has 0 fully saturated rings. The van der Waals surface area contributed by atoms with Crippen molar-refractivity contribution in [3.63, 3.8) is 0 Å². The Labute approximate surface area is 153 Å². The highest BCUT2D eigenvalue weighted by molar-refractivity contribution is 6.12. The molecule has 1 aromatic rings. The van der Waals surface area contributed by atoms with Crippen molar-refractivity contribution in [2.75, 3.05) is 18.0 Å². The molecule has 2 aliphatic rings. The molecular formula is C19H25N5O2. The normalized spacial score (nSPS) is 23.2. The van der Waals surface area contributed by atoms with Gasteiger partial charge < -0.3 is 4.90 Å². The molecule has 0 spiro atoms. The Morgan fingerprint density at radius 3 is 1.73 bits per heavy atom. The number of hydrogen-bond donors (Lipinski definition) is 2. The summed E-state index contributed by atoms with van der Waals surface area (Å²) in [7, 11) is 0. The maximum absolute atomic E-state index is 12.4. The van der Waals surface area contributed by atoms with Gasteiger partial charge in [0.1, 0.15) is 0 Å². The lowest BCUT2D eigenvalue weighted by Gasteiger charge is -2.28. The van der Waals surface area contributed by atoms with Crippen LogP contribution in [0.2, 0.25) is 0 Å². The summed E-state index contributed by atoms with van der Waals surface area (Å²) in [5.74, 6) is -1.64. The summed E-state index contributed by atoms with van der Waals surface area (Å²) < 4.78 is 0. The van der Waals surface area contributed by atoms with Gasteiger partial charge in [-0.15, -0.1) is 0 Å². The first-order chi connectivity index (χ1) is 12.5. The Morgan fingerprint density at radius 2 is 1.38 bits per heavy atom. The number of carbonyl (C=O) groups excluding carboxylic acids is 2. The van der Waals surface area contributed by atoms with E-state index in [0.717, 1.165) is 24.3 Å². The first kappa shape index (κ1) is 18.1. The Kier molecular flexibility index (Phi) is 5.06. The molecule has 2 N–H and O–H groups in total. The first-order valence-electron chi connectivity index (χ1n) is 9.00. The summed E-state index contributed by atoms with van der Waals surface area (Å²) >= 11 is 0. The van der Waals surface area contributed by atoms with Crippen LogP contribution in [0.5, 0.6) is 0 Å². The number of carbonyl (C=O) groups is 2. The van der Waals surface area contributed by atoms with Crippen LogP contribution in [0.1, 0.15) is 39.2 Å². The largest absolute Gasteiger partial charge is 0.372 e. The van der Waals surface area contributed by atoms with E-state index in [9.17, 15) is 9.59 Å². The van der Waals surface area contributed by atoms with Crippen LogP contribution in [0.4, 0.5) is 5.69 Å². The smallest absolute Gasteiger partial charge is 0.249 e. The van der Waals surface area contributed by atoms with Gasteiger partial charge >= 0.3 is 0 Å². The summed E-state index contributed by atoms with van der Waals surface area (Å²) in [5, 5.41) is 8.15. The second-order valence-electron chi connectivity index (χ2n) is 6.70. The van der Waals surface area contributed by atoms with Gasteiger partial charge in [0.15, 0.2) is 0 Å². The van der Waals surface area contributed by atoms with Crippen molar-refractivity contribution in [3.8, 4) is 0 Å². The monoisotopic (exact) mass is 355 g/mol. The average Bonchev–Trinajstić information content (AvgIpc) is 3.14. The molecule has 0 bridgehead atoms. The average molecular weight is 355 g/mol. The summed E-state index contributed by atoms with van der Waals surface area (Å²) in [6.45, 7) is 9.72. The van der Waals surface area contributed by atoms with Gasteiger partial charge in [-0.3, -0.25) is 9.59 Å². The van der Waals surface area contributed by atoms with Gasteiger partial charge in [0.05, 0.1) is 11.8 Å². The zero-order valence-electron chi connectivity index (χ0n) is 15.6. The van der Waals surface area contributed by atoms with E-state index in [2.05, 4.69) is 39.8 Å². The van der Waals surface area contributed by atoms with E-state index in [0.29, 0.717) is 11.4 Å². The molecule has 1 aromatic carbocycles. The highest BCUT2D eigenvalue weighted by atomic mass is 16.2. The maximum atomic E-state index is 12.4. The van der Waals surface area contributed by atoms with Crippen molar-refractivity contribution in [1.82, 2.24) is 10.9 Å². The van der Waals surface area contributed by atoms with Crippen molar-refractivity contribution in [2.45, 2.75) is 33.6 Å². The molecule has 2 aliphatic heterocycles. The molecule has 7 heteroatoms. The highest BCUT2D eigenvalue weighted by Gasteiger charge is 2.45. The molecule has 2 heterocycles. The third kappa shape index (κ3) is 3.09. The standard InChI is InChI=1S/C19H25N5O2/c1-5-24(6-2)14-9-7-13(8-10-14)17(15-11(3)20-22-18(15)25)16-12(4)21-23-19(16)26/h7-10,15-17H,5-6H2,1-4H3,(H,22,25)(H,23,26). The van der Waals surface area contributed by atoms with Crippen molar-refractivity contribution < 1.29 is 9.59 Å². The molecule has 2 amide bonds. The van der Waals surface area contributed by atoms with Gasteiger partial charge in [-0.2, -0.15) is 10.2 Å². The Bertz CT molecular complexity index is 727. The van der Waals surface area contributed by atoms with Crippen LogP contribution in [0.15, 0.2) is 34.5 Å². The van der Waals surface area contributed by atoms with Gasteiger partial charge in [0.2, 0.25) is 11.8 Å². The summed E-state index contributed by atoms with van der Waals surface area (Å²) in [6.07, 6.45) is 0. The second kappa shape index (κ2) is 7.27. The maximum Gasteiger partial charge on any atom is 0.249 e. The quantitative estimate of drug-likeness (QED) is 0.817. The number of hydrazone groups is 2. The van der Waals surface area contributed by atoms with Crippen LogP contribution in [-0.4, -0.2) is 36.3 Å². The third-order valence-electron chi connectivity index (χ3n) is 5.27. The Morgan fingerprint density at radius 1 is 0.923 bits per heavy atom. The fourth-order valence-corrected chi connectivity index (χ4v) is 3.86. The van der Waals surface area contributed by atoms with Gasteiger partial charge in [0.25, 0.3) is 0 Å². The number of nitrogens with zero attached hydrogens (tertiary/aromatic N) is 3. The number of hydrogen-bond acceptors (Lipinski definition) is 5. The van der Waals surface area contributed by atoms with E-state index in [1.807, 2.05) is 38.1 Å². The fraction of sp³-hybridized carbons (Fsp3) is 0.474. The molecule has 0 aliphatic carbocycles. The van der Waals surface area contributed by atoms with Crippen LogP contribution in [0.3, 0.4) is 0 Å². The van der Waals surface area contributed by atoms with E-state index in [1.54, 1.807) is 0 Å². The van der Waals surface area contributed by atoms with Crippen molar-refractivity contribution in [1.29, 1.82) is 0 Å². The SMILES string of the molecule is CCN(CC)c1ccc(C(C2C(=O)NN=C2C)C2C(=O)NN=C2C)cc1. The van der Waals surface area contributed by atoms with E-state index >= 15 is 0 Å². The third-order valence-corrected chi connectivity index (χ3v) is 5.27. The van der Waals surface area contributed by atoms with Crippen LogP contribution in [0.25, 0.3) is 0 Å². The summed E-state index contributed by atoms with van der Waals surface area (Å²) in [4.78, 5) is 27.1. The van der Waals surface area contributed by atoms with Crippen LogP contribution < -0.4 is 15.8 Å². The van der Waals surface area contributed by atoms with E-state index in [1.165, 1.54) is 0 Å². The minimum Gasteiger partial charge on any atom is -0.372 e. The zero-order valence-corrected chi connectivity index (χ0v) is 15.6. The molecule has 7 nitrogen and oxygen atoms in total. The number of rotatable bonds is 6. The van der Waals surface area contributed by atoms with E-state index < -0.39 is 11.8 Å². The van der Waals surface area contributed by atoms with E-state index in [4.69, 9.17) is 0 Å². The van der Waals surface area contributed by atoms with Gasteiger partial charge in [-0.1, -0.05) is 12.1 Å². The summed E-state index contributed by atoms with van der Waals surface area (Å²) in [6, 6.07) is 8.12. The fourth-order valence-electron chi connectivity index (χ4n) is 3.86. The van der Waals surface area contributed by atoms with Crippen molar-refractivity contribution >= 4 is 28.9 Å². The lowest BCUT2D eigenvalue weighted by atomic mass is 9.73. The number of nitrogens with one attached hydrogen (secondary N) is 2. The van der Waals surface area contributed by atoms with Crippen LogP contribution in [-0.2, 0) is 9.59 Å². The van der Waals surface area contributed by atoms with E-state index in [-0.39, 0.29) is 17.7 Å². The molecule has 0 radical (unpaired) electrons. The lowest BCUT2D eigenvalue weighted by Crippen LogP contribution is -2.38. The second-order valence-corrected chi connectivity index (χ2v) is 6.70. The summed E-state index contributed by atoms with van der Waals surface area (Å²) in [5.41, 5.74) is 8.53. The van der Waals surface area contributed by atoms with Gasteiger partial charge in [-0.05, 0) is 45.4 Å². The minimum absolute atomic E-state index is 0.173. The van der Waals surface area contributed by atoms with Crippen molar-refractivity contribution in [2.24, 2.45) is 22.0 Å². The Hall–Kier alpha value is -2.70. The number of amides is 2. The molecule has 2 unspecified atom stereocenters. The van der Waals surface area contributed by atoms with Gasteiger partial charge in [-0.25, -0.2) is 10.9 Å². The molecule has 26 heavy (non-hydrogen) atoms. The Balaban J connectivity index is 2.01. The highest BCUT2D eigenvalue weighted by Crippen LogP contribution is 2.38. The molecular weight excluding hydrogens is 330 g/mol. The number of anilines is 1. The topological polar surface area (TPSA) is 86.2 Å². The number of benzene rings is 1.